The van der Waals surface area contributed by atoms with Gasteiger partial charge in [-0.05, 0) is 43.3 Å². The first-order valence-corrected chi connectivity index (χ1v) is 9.36. The number of hydrogen-bond donors (Lipinski definition) is 1. The minimum atomic E-state index is -3.62. The van der Waals surface area contributed by atoms with Crippen molar-refractivity contribution in [2.75, 3.05) is 0 Å². The van der Waals surface area contributed by atoms with Crippen molar-refractivity contribution >= 4 is 21.9 Å². The number of aryl methyl sites for hydroxylation is 1. The molecular weight excluding hydrogens is 355 g/mol. The van der Waals surface area contributed by atoms with Crippen molar-refractivity contribution in [1.29, 1.82) is 0 Å². The summed E-state index contributed by atoms with van der Waals surface area (Å²) in [5, 5.41) is 0. The number of furan rings is 1. The van der Waals surface area contributed by atoms with E-state index in [-0.39, 0.29) is 17.1 Å². The summed E-state index contributed by atoms with van der Waals surface area (Å²) >= 11 is 0. The van der Waals surface area contributed by atoms with Gasteiger partial charge in [-0.25, -0.2) is 22.5 Å². The first kappa shape index (κ1) is 18.0. The lowest BCUT2D eigenvalue weighted by Crippen LogP contribution is -2.22. The standard InChI is InChI=1S/C19H17FN2O3S/c1-14-6-10-17(11-7-14)26(23,24)22-13-16-9-8-15(25-16)12-21-19-5-3-2-4-18(19)20/h2-12,22H,13H2,1H3. The van der Waals surface area contributed by atoms with E-state index >= 15 is 0 Å². The number of benzene rings is 2. The van der Waals surface area contributed by atoms with Crippen LogP contribution in [-0.2, 0) is 16.6 Å². The molecule has 0 aliphatic heterocycles. The molecule has 1 N–H and O–H groups in total. The third-order valence-corrected chi connectivity index (χ3v) is 5.05. The molecule has 5 nitrogen and oxygen atoms in total. The Morgan fingerprint density at radius 2 is 1.81 bits per heavy atom. The van der Waals surface area contributed by atoms with Gasteiger partial charge in [0.2, 0.25) is 10.0 Å². The Hall–Kier alpha value is -2.77. The number of para-hydroxylation sites is 1. The third kappa shape index (κ3) is 4.44. The zero-order chi connectivity index (χ0) is 18.6. The highest BCUT2D eigenvalue weighted by Gasteiger charge is 2.14. The molecule has 0 aliphatic rings. The molecule has 3 rings (SSSR count). The van der Waals surface area contributed by atoms with Gasteiger partial charge < -0.3 is 4.42 Å². The molecule has 0 fully saturated rings. The second-order valence-corrected chi connectivity index (χ2v) is 7.42. The smallest absolute Gasteiger partial charge is 0.240 e. The largest absolute Gasteiger partial charge is 0.459 e. The number of halogens is 1. The lowest BCUT2D eigenvalue weighted by Gasteiger charge is -2.05. The average molecular weight is 372 g/mol. The Balaban J connectivity index is 1.65. The van der Waals surface area contributed by atoms with Gasteiger partial charge in [0.1, 0.15) is 17.3 Å². The van der Waals surface area contributed by atoms with E-state index in [1.54, 1.807) is 54.6 Å². The zero-order valence-corrected chi connectivity index (χ0v) is 14.8. The van der Waals surface area contributed by atoms with Crippen LogP contribution in [0, 0.1) is 12.7 Å². The predicted molar refractivity (Wildman–Crippen MR) is 97.6 cm³/mol. The topological polar surface area (TPSA) is 71.7 Å². The molecule has 7 heteroatoms. The lowest BCUT2D eigenvalue weighted by atomic mass is 10.2. The summed E-state index contributed by atoms with van der Waals surface area (Å²) in [4.78, 5) is 4.21. The van der Waals surface area contributed by atoms with E-state index in [4.69, 9.17) is 4.42 Å². The van der Waals surface area contributed by atoms with Crippen LogP contribution in [0.1, 0.15) is 17.1 Å². The van der Waals surface area contributed by atoms with Crippen molar-refractivity contribution in [1.82, 2.24) is 4.72 Å². The summed E-state index contributed by atoms with van der Waals surface area (Å²) in [6.45, 7) is 1.89. The lowest BCUT2D eigenvalue weighted by molar-refractivity contribution is 0.494. The van der Waals surface area contributed by atoms with Crippen molar-refractivity contribution in [2.24, 2.45) is 4.99 Å². The van der Waals surface area contributed by atoms with E-state index in [9.17, 15) is 12.8 Å². The quantitative estimate of drug-likeness (QED) is 0.666. The number of aliphatic imine (C=N–C) groups is 1. The van der Waals surface area contributed by atoms with Gasteiger partial charge in [0.15, 0.2) is 0 Å². The average Bonchev–Trinajstić information content (AvgIpc) is 3.08. The first-order valence-electron chi connectivity index (χ1n) is 7.88. The molecule has 0 amide bonds. The second kappa shape index (κ2) is 7.63. The molecule has 2 aromatic carbocycles. The minimum absolute atomic E-state index is 0.00372. The van der Waals surface area contributed by atoms with Crippen LogP contribution in [0.5, 0.6) is 0 Å². The minimum Gasteiger partial charge on any atom is -0.459 e. The van der Waals surface area contributed by atoms with Gasteiger partial charge in [0.05, 0.1) is 23.3 Å². The molecule has 0 aliphatic carbocycles. The maximum Gasteiger partial charge on any atom is 0.240 e. The highest BCUT2D eigenvalue weighted by molar-refractivity contribution is 7.89. The van der Waals surface area contributed by atoms with Crippen molar-refractivity contribution in [2.45, 2.75) is 18.4 Å². The van der Waals surface area contributed by atoms with Crippen molar-refractivity contribution in [3.8, 4) is 0 Å². The highest BCUT2D eigenvalue weighted by Crippen LogP contribution is 2.17. The van der Waals surface area contributed by atoms with Crippen molar-refractivity contribution in [3.05, 3.63) is 83.6 Å². The Morgan fingerprint density at radius 1 is 1.08 bits per heavy atom. The van der Waals surface area contributed by atoms with Gasteiger partial charge in [0, 0.05) is 0 Å². The Bertz CT molecular complexity index is 1020. The van der Waals surface area contributed by atoms with Gasteiger partial charge >= 0.3 is 0 Å². The normalized spacial score (nSPS) is 11.9. The van der Waals surface area contributed by atoms with E-state index in [2.05, 4.69) is 9.71 Å². The summed E-state index contributed by atoms with van der Waals surface area (Å²) in [6, 6.07) is 16.0. The number of sulfonamides is 1. The molecule has 0 radical (unpaired) electrons. The van der Waals surface area contributed by atoms with Gasteiger partial charge in [-0.3, -0.25) is 0 Å². The molecular formula is C19H17FN2O3S. The monoisotopic (exact) mass is 372 g/mol. The van der Waals surface area contributed by atoms with Crippen LogP contribution in [0.15, 0.2) is 75.0 Å². The van der Waals surface area contributed by atoms with Crippen LogP contribution in [0.25, 0.3) is 0 Å². The van der Waals surface area contributed by atoms with Gasteiger partial charge in [-0.1, -0.05) is 29.8 Å². The van der Waals surface area contributed by atoms with E-state index < -0.39 is 15.8 Å². The predicted octanol–water partition coefficient (Wildman–Crippen LogP) is 3.96. The first-order chi connectivity index (χ1) is 12.4. The SMILES string of the molecule is Cc1ccc(S(=O)(=O)NCc2ccc(C=Nc3ccccc3F)o2)cc1. The molecule has 0 bridgehead atoms. The number of hydrogen-bond acceptors (Lipinski definition) is 4. The molecule has 0 saturated heterocycles. The molecule has 3 aromatic rings. The summed E-state index contributed by atoms with van der Waals surface area (Å²) in [5.74, 6) is 0.398. The number of nitrogens with zero attached hydrogens (tertiary/aromatic N) is 1. The van der Waals surface area contributed by atoms with Gasteiger partial charge in [0.25, 0.3) is 0 Å². The van der Waals surface area contributed by atoms with Gasteiger partial charge in [-0.2, -0.15) is 0 Å². The third-order valence-electron chi connectivity index (χ3n) is 3.63. The molecule has 134 valence electrons. The Morgan fingerprint density at radius 3 is 2.54 bits per heavy atom. The molecule has 0 unspecified atom stereocenters. The maximum atomic E-state index is 13.5. The fourth-order valence-corrected chi connectivity index (χ4v) is 3.21. The van der Waals surface area contributed by atoms with E-state index in [1.807, 2.05) is 6.92 Å². The Kier molecular flexibility index (Phi) is 5.29. The van der Waals surface area contributed by atoms with E-state index in [0.29, 0.717) is 11.5 Å². The molecule has 0 spiro atoms. The maximum absolute atomic E-state index is 13.5. The summed E-state index contributed by atoms with van der Waals surface area (Å²) < 4.78 is 46.0. The van der Waals surface area contributed by atoms with Gasteiger partial charge in [-0.15, -0.1) is 0 Å². The van der Waals surface area contributed by atoms with Crippen LogP contribution in [-0.4, -0.2) is 14.6 Å². The molecule has 0 atom stereocenters. The summed E-state index contributed by atoms with van der Waals surface area (Å²) in [7, 11) is -3.62. The van der Waals surface area contributed by atoms with Crippen LogP contribution < -0.4 is 4.72 Å². The number of rotatable bonds is 6. The van der Waals surface area contributed by atoms with Crippen LogP contribution >= 0.6 is 0 Å². The van der Waals surface area contributed by atoms with E-state index in [0.717, 1.165) is 5.56 Å². The Labute approximate surface area is 151 Å². The van der Waals surface area contributed by atoms with Crippen molar-refractivity contribution in [3.63, 3.8) is 0 Å². The van der Waals surface area contributed by atoms with Crippen molar-refractivity contribution < 1.29 is 17.2 Å². The second-order valence-electron chi connectivity index (χ2n) is 5.65. The van der Waals surface area contributed by atoms with Crippen LogP contribution in [0.2, 0.25) is 0 Å². The fourth-order valence-electron chi connectivity index (χ4n) is 2.22. The summed E-state index contributed by atoms with van der Waals surface area (Å²) in [5.41, 5.74) is 1.18. The highest BCUT2D eigenvalue weighted by atomic mass is 32.2. The molecule has 1 heterocycles. The molecule has 0 saturated carbocycles. The van der Waals surface area contributed by atoms with E-state index in [1.165, 1.54) is 12.3 Å². The number of nitrogens with one attached hydrogen (secondary N) is 1. The molecule has 26 heavy (non-hydrogen) atoms. The van der Waals surface area contributed by atoms with Crippen LogP contribution in [0.3, 0.4) is 0 Å². The molecule has 1 aromatic heterocycles. The van der Waals surface area contributed by atoms with Crippen LogP contribution in [0.4, 0.5) is 10.1 Å². The summed E-state index contributed by atoms with van der Waals surface area (Å²) in [6.07, 6.45) is 1.39. The zero-order valence-electron chi connectivity index (χ0n) is 14.0. The fraction of sp³-hybridized carbons (Fsp3) is 0.105.